The molecule has 30 heavy (non-hydrogen) atoms. The van der Waals surface area contributed by atoms with E-state index in [1.807, 2.05) is 17.9 Å². The van der Waals surface area contributed by atoms with Gasteiger partial charge in [0.05, 0.1) is 5.69 Å². The smallest absolute Gasteiger partial charge is 0.248 e. The van der Waals surface area contributed by atoms with Crippen molar-refractivity contribution in [3.8, 4) is 0 Å². The maximum atomic E-state index is 13.0. The van der Waals surface area contributed by atoms with Crippen molar-refractivity contribution in [3.05, 3.63) is 34.1 Å². The third-order valence-electron chi connectivity index (χ3n) is 5.59. The monoisotopic (exact) mass is 471 g/mol. The second kappa shape index (κ2) is 7.98. The van der Waals surface area contributed by atoms with E-state index in [0.29, 0.717) is 35.6 Å². The number of unbranched alkanes of at least 4 members (excludes halogenated alkanes) is 1. The number of hydrogen-bond acceptors (Lipinski definition) is 5. The molecule has 0 radical (unpaired) electrons. The van der Waals surface area contributed by atoms with E-state index in [9.17, 15) is 9.59 Å². The molecule has 0 fully saturated rings. The molecule has 0 unspecified atom stereocenters. The number of amides is 2. The standard InChI is InChI=1S/C22H26BrN5O2/c1-5-6-9-26-18(29)12-28-19(30)11-27(22-20(28)21(26)24-14(4)25-22)17-8-7-15(13(2)3)10-16(17)23/h7-8,10,13H,5-6,9,11-12H2,1-4H3. The van der Waals surface area contributed by atoms with Crippen LogP contribution in [0.1, 0.15) is 50.9 Å². The molecule has 1 aromatic heterocycles. The van der Waals surface area contributed by atoms with Gasteiger partial charge in [-0.15, -0.1) is 0 Å². The minimum Gasteiger partial charge on any atom is -0.314 e. The fourth-order valence-electron chi connectivity index (χ4n) is 3.93. The first-order valence-electron chi connectivity index (χ1n) is 10.4. The summed E-state index contributed by atoms with van der Waals surface area (Å²) >= 11 is 3.69. The van der Waals surface area contributed by atoms with Crippen LogP contribution in [0, 0.1) is 6.92 Å². The molecule has 4 rings (SSSR count). The van der Waals surface area contributed by atoms with Crippen LogP contribution in [0.5, 0.6) is 0 Å². The predicted molar refractivity (Wildman–Crippen MR) is 122 cm³/mol. The van der Waals surface area contributed by atoms with E-state index < -0.39 is 0 Å². The van der Waals surface area contributed by atoms with Crippen molar-refractivity contribution in [2.24, 2.45) is 0 Å². The number of carbonyl (C=O) groups excluding carboxylic acids is 2. The SMILES string of the molecule is CCCCN1C(=O)CN2C(=O)CN(c3ccc(C(C)C)cc3Br)c3nc(C)nc1c32. The Balaban J connectivity index is 1.86. The Morgan fingerprint density at radius 1 is 1.07 bits per heavy atom. The first-order valence-corrected chi connectivity index (χ1v) is 11.2. The topological polar surface area (TPSA) is 69.6 Å². The Morgan fingerprint density at radius 2 is 1.77 bits per heavy atom. The molecule has 0 N–H and O–H groups in total. The van der Waals surface area contributed by atoms with Gasteiger partial charge in [-0.05, 0) is 52.9 Å². The van der Waals surface area contributed by atoms with Crippen molar-refractivity contribution in [3.63, 3.8) is 0 Å². The second-order valence-electron chi connectivity index (χ2n) is 8.10. The Hall–Kier alpha value is -2.48. The fraction of sp³-hybridized carbons (Fsp3) is 0.455. The van der Waals surface area contributed by atoms with E-state index in [1.54, 1.807) is 9.80 Å². The zero-order chi connectivity index (χ0) is 21.6. The highest BCUT2D eigenvalue weighted by Gasteiger charge is 2.42. The number of carbonyl (C=O) groups is 2. The van der Waals surface area contributed by atoms with Crippen molar-refractivity contribution in [1.29, 1.82) is 0 Å². The molecular formula is C22H26BrN5O2. The van der Waals surface area contributed by atoms with Crippen LogP contribution >= 0.6 is 15.9 Å². The molecule has 8 heteroatoms. The summed E-state index contributed by atoms with van der Waals surface area (Å²) in [6.07, 6.45) is 1.85. The van der Waals surface area contributed by atoms with Gasteiger partial charge in [-0.1, -0.05) is 33.3 Å². The first-order chi connectivity index (χ1) is 14.3. The van der Waals surface area contributed by atoms with Crippen LogP contribution in [0.3, 0.4) is 0 Å². The lowest BCUT2D eigenvalue weighted by molar-refractivity contribution is -0.122. The summed E-state index contributed by atoms with van der Waals surface area (Å²) in [5.41, 5.74) is 2.73. The molecule has 2 aliphatic heterocycles. The van der Waals surface area contributed by atoms with Crippen molar-refractivity contribution in [2.45, 2.75) is 46.5 Å². The number of aryl methyl sites for hydroxylation is 1. The highest BCUT2D eigenvalue weighted by Crippen LogP contribution is 2.46. The predicted octanol–water partition coefficient (Wildman–Crippen LogP) is 4.30. The molecule has 0 aliphatic carbocycles. The molecule has 0 bridgehead atoms. The van der Waals surface area contributed by atoms with Crippen LogP contribution in [0.2, 0.25) is 0 Å². The van der Waals surface area contributed by atoms with Gasteiger partial charge >= 0.3 is 0 Å². The largest absolute Gasteiger partial charge is 0.314 e. The van der Waals surface area contributed by atoms with Gasteiger partial charge in [-0.2, -0.15) is 0 Å². The minimum absolute atomic E-state index is 0.0380. The Labute approximate surface area is 185 Å². The lowest BCUT2D eigenvalue weighted by Crippen LogP contribution is -2.54. The average molecular weight is 472 g/mol. The molecule has 2 aromatic rings. The zero-order valence-electron chi connectivity index (χ0n) is 17.8. The van der Waals surface area contributed by atoms with Crippen molar-refractivity contribution < 1.29 is 9.59 Å². The van der Waals surface area contributed by atoms with E-state index >= 15 is 0 Å². The average Bonchev–Trinajstić information content (AvgIpc) is 2.69. The van der Waals surface area contributed by atoms with E-state index in [1.165, 1.54) is 5.56 Å². The summed E-state index contributed by atoms with van der Waals surface area (Å²) in [7, 11) is 0. The molecule has 0 spiro atoms. The molecule has 158 valence electrons. The van der Waals surface area contributed by atoms with Crippen LogP contribution in [0.15, 0.2) is 22.7 Å². The molecule has 0 atom stereocenters. The maximum Gasteiger partial charge on any atom is 0.248 e. The Bertz CT molecular complexity index is 1020. The zero-order valence-corrected chi connectivity index (χ0v) is 19.4. The molecular weight excluding hydrogens is 446 g/mol. The van der Waals surface area contributed by atoms with Gasteiger partial charge in [0.2, 0.25) is 11.8 Å². The molecule has 3 heterocycles. The van der Waals surface area contributed by atoms with E-state index in [2.05, 4.69) is 53.8 Å². The number of rotatable bonds is 5. The number of halogens is 1. The fourth-order valence-corrected chi connectivity index (χ4v) is 4.54. The lowest BCUT2D eigenvalue weighted by Gasteiger charge is -2.42. The Kier molecular flexibility index (Phi) is 5.53. The van der Waals surface area contributed by atoms with Crippen molar-refractivity contribution in [2.75, 3.05) is 34.3 Å². The van der Waals surface area contributed by atoms with Crippen LogP contribution in [0.4, 0.5) is 23.0 Å². The van der Waals surface area contributed by atoms with Gasteiger partial charge in [-0.25, -0.2) is 9.97 Å². The van der Waals surface area contributed by atoms with Gasteiger partial charge in [0.1, 0.15) is 24.6 Å². The number of anilines is 4. The van der Waals surface area contributed by atoms with Crippen molar-refractivity contribution in [1.82, 2.24) is 9.97 Å². The van der Waals surface area contributed by atoms with Crippen molar-refractivity contribution >= 4 is 50.8 Å². The first kappa shape index (κ1) is 20.8. The number of nitrogens with zero attached hydrogens (tertiary/aromatic N) is 5. The number of hydrogen-bond donors (Lipinski definition) is 0. The van der Waals surface area contributed by atoms with E-state index in [0.717, 1.165) is 23.0 Å². The summed E-state index contributed by atoms with van der Waals surface area (Å²) in [5.74, 6) is 1.97. The number of benzene rings is 1. The Morgan fingerprint density at radius 3 is 2.43 bits per heavy atom. The third kappa shape index (κ3) is 3.47. The summed E-state index contributed by atoms with van der Waals surface area (Å²) < 4.78 is 0.912. The summed E-state index contributed by atoms with van der Waals surface area (Å²) in [6, 6.07) is 6.20. The van der Waals surface area contributed by atoms with Gasteiger partial charge in [0.15, 0.2) is 11.6 Å². The van der Waals surface area contributed by atoms with Crippen LogP contribution in [-0.4, -0.2) is 41.4 Å². The summed E-state index contributed by atoms with van der Waals surface area (Å²) in [6.45, 7) is 8.97. The molecule has 2 amide bonds. The molecule has 0 saturated carbocycles. The van der Waals surface area contributed by atoms with Gasteiger partial charge in [-0.3, -0.25) is 19.4 Å². The lowest BCUT2D eigenvalue weighted by atomic mass is 10.0. The van der Waals surface area contributed by atoms with Gasteiger partial charge < -0.3 is 4.90 Å². The quantitative estimate of drug-likeness (QED) is 0.649. The molecule has 7 nitrogen and oxygen atoms in total. The highest BCUT2D eigenvalue weighted by atomic mass is 79.9. The van der Waals surface area contributed by atoms with E-state index in [4.69, 9.17) is 4.98 Å². The third-order valence-corrected chi connectivity index (χ3v) is 6.23. The maximum absolute atomic E-state index is 13.0. The minimum atomic E-state index is -0.125. The number of aromatic nitrogens is 2. The van der Waals surface area contributed by atoms with E-state index in [-0.39, 0.29) is 24.9 Å². The molecule has 2 aliphatic rings. The summed E-state index contributed by atoms with van der Waals surface area (Å²) in [4.78, 5) is 40.3. The van der Waals surface area contributed by atoms with Gasteiger partial charge in [0.25, 0.3) is 0 Å². The highest BCUT2D eigenvalue weighted by molar-refractivity contribution is 9.10. The van der Waals surface area contributed by atoms with Gasteiger partial charge in [0, 0.05) is 11.0 Å². The second-order valence-corrected chi connectivity index (χ2v) is 8.95. The summed E-state index contributed by atoms with van der Waals surface area (Å²) in [5, 5.41) is 0. The molecule has 1 aromatic carbocycles. The van der Waals surface area contributed by atoms with Crippen LogP contribution in [-0.2, 0) is 9.59 Å². The normalized spacial score (nSPS) is 15.9. The molecule has 0 saturated heterocycles. The van der Waals surface area contributed by atoms with Crippen LogP contribution < -0.4 is 14.7 Å². The van der Waals surface area contributed by atoms with Crippen LogP contribution in [0.25, 0.3) is 0 Å².